The predicted octanol–water partition coefficient (Wildman–Crippen LogP) is -3.27. The van der Waals surface area contributed by atoms with Crippen molar-refractivity contribution in [3.05, 3.63) is 0 Å². The summed E-state index contributed by atoms with van der Waals surface area (Å²) in [6, 6.07) is 0. The van der Waals surface area contributed by atoms with Crippen LogP contribution >= 0.6 is 0 Å². The molecule has 5 heterocycles. The van der Waals surface area contributed by atoms with Gasteiger partial charge in [-0.15, -0.1) is 0 Å². The second-order valence-electron chi connectivity index (χ2n) is 19.1. The Labute approximate surface area is 333 Å². The molecule has 57 heavy (non-hydrogen) atoms. The van der Waals surface area contributed by atoms with Gasteiger partial charge in [-0.25, -0.2) is 0 Å². The first kappa shape index (κ1) is 40.6. The van der Waals surface area contributed by atoms with Gasteiger partial charge in [0, 0.05) is 29.6 Å². The fourth-order valence-corrected chi connectivity index (χ4v) is 13.8. The minimum Gasteiger partial charge on any atom is -0.392 e. The van der Waals surface area contributed by atoms with E-state index in [0.717, 1.165) is 19.3 Å². The van der Waals surface area contributed by atoms with E-state index in [1.54, 1.807) is 0 Å². The van der Waals surface area contributed by atoms with Gasteiger partial charge in [-0.1, -0.05) is 0 Å². The van der Waals surface area contributed by atoms with Crippen molar-refractivity contribution in [2.24, 2.45) is 71.0 Å². The van der Waals surface area contributed by atoms with Gasteiger partial charge in [-0.2, -0.15) is 0 Å². The molecule has 0 radical (unpaired) electrons. The molecule has 8 bridgehead atoms. The Bertz CT molecular complexity index is 1520. The van der Waals surface area contributed by atoms with Crippen molar-refractivity contribution >= 4 is 23.1 Å². The number of nitrogens with one attached hydrogen (secondary N) is 8. The highest BCUT2D eigenvalue weighted by Gasteiger charge is 2.58. The molecule has 0 amide bonds. The zero-order valence-electron chi connectivity index (χ0n) is 32.6. The first-order valence-corrected chi connectivity index (χ1v) is 21.9. The summed E-state index contributed by atoms with van der Waals surface area (Å²) in [5.74, 6) is -1.76. The van der Waals surface area contributed by atoms with E-state index in [9.17, 15) is 44.7 Å². The monoisotopic (exact) mass is 800 g/mol. The molecule has 4 aliphatic carbocycles. The zero-order chi connectivity index (χ0) is 39.7. The smallest absolute Gasteiger partial charge is 0.163 e. The van der Waals surface area contributed by atoms with E-state index in [-0.39, 0.29) is 131 Å². The number of ketones is 4. The quantitative estimate of drug-likeness (QED) is 0.115. The minimum atomic E-state index is -0.976. The summed E-state index contributed by atoms with van der Waals surface area (Å²) in [6.45, 7) is -2.03. The molecule has 4 saturated carbocycles. The number of fused-ring (bicyclic) bond motifs is 20. The number of carbonyl (C=O) groups is 4. The van der Waals surface area contributed by atoms with Gasteiger partial charge in [0.15, 0.2) is 23.1 Å². The Balaban J connectivity index is 1.07. The van der Waals surface area contributed by atoms with Gasteiger partial charge in [-0.05, 0) is 112 Å². The zero-order valence-corrected chi connectivity index (χ0v) is 32.6. The summed E-state index contributed by atoms with van der Waals surface area (Å²) in [7, 11) is 0. The number of Topliss-reactive ketones (excluding diaryl/α,β-unsaturated/α-hetero) is 4. The molecule has 21 unspecified atom stereocenters. The Morgan fingerprint density at radius 2 is 0.667 bits per heavy atom. The van der Waals surface area contributed by atoms with Crippen LogP contribution in [0.4, 0.5) is 0 Å². The lowest BCUT2D eigenvalue weighted by atomic mass is 9.69. The molecule has 17 heteroatoms. The average Bonchev–Trinajstić information content (AvgIpc) is 3.97. The Morgan fingerprint density at radius 3 is 1.02 bits per heavy atom. The lowest BCUT2D eigenvalue weighted by Crippen LogP contribution is -2.62. The number of aliphatic hydroxyl groups is 5. The van der Waals surface area contributed by atoms with E-state index < -0.39 is 44.6 Å². The van der Waals surface area contributed by atoms with Crippen LogP contribution in [0.2, 0.25) is 0 Å². The van der Waals surface area contributed by atoms with Crippen LogP contribution < -0.4 is 42.5 Å². The normalized spacial score (nSPS) is 50.3. The fraction of sp³-hybridized carbons (Fsp3) is 0.900. The van der Waals surface area contributed by atoms with E-state index in [1.165, 1.54) is 0 Å². The van der Waals surface area contributed by atoms with Crippen LogP contribution in [0.15, 0.2) is 0 Å². The van der Waals surface area contributed by atoms with E-state index >= 15 is 0 Å². The molecule has 0 spiro atoms. The standard InChI is InChI=1S/C40H64N8O9/c49-12-27(53)16-1-4-19-24(9-16)37-41-33(19)43-38-26-11-18(29(55)14-51)3-6-21(26)35(45-38)47-40-31-23(8-7-22(32(31)57)30(56)15-52)36(48-40)46-39-25-10-17(28(54)13-50)2-5-20(25)34(42-37)44-39/h16-26,31-52,57H,1-15H2. The van der Waals surface area contributed by atoms with E-state index in [1.807, 2.05) is 0 Å². The van der Waals surface area contributed by atoms with Crippen LogP contribution in [0.25, 0.3) is 0 Å². The van der Waals surface area contributed by atoms with Crippen molar-refractivity contribution in [1.29, 1.82) is 0 Å². The van der Waals surface area contributed by atoms with Crippen LogP contribution in [-0.2, 0) is 19.2 Å². The highest BCUT2D eigenvalue weighted by atomic mass is 16.3. The topological polar surface area (TPSA) is 266 Å². The molecule has 9 rings (SSSR count). The second-order valence-corrected chi connectivity index (χ2v) is 19.1. The summed E-state index contributed by atoms with van der Waals surface area (Å²) in [6.07, 6.45) is 4.85. The summed E-state index contributed by atoms with van der Waals surface area (Å²) < 4.78 is 0. The number of hydrogen-bond acceptors (Lipinski definition) is 17. The summed E-state index contributed by atoms with van der Waals surface area (Å²) in [5.41, 5.74) is 0. The number of carbonyl (C=O) groups excluding carboxylic acids is 4. The van der Waals surface area contributed by atoms with Gasteiger partial charge < -0.3 is 25.5 Å². The predicted molar refractivity (Wildman–Crippen MR) is 202 cm³/mol. The number of rotatable bonds is 8. The third kappa shape index (κ3) is 7.29. The van der Waals surface area contributed by atoms with Gasteiger partial charge in [0.2, 0.25) is 0 Å². The van der Waals surface area contributed by atoms with Crippen LogP contribution in [0, 0.1) is 71.0 Å². The first-order chi connectivity index (χ1) is 27.6. The molecule has 5 saturated heterocycles. The molecular weight excluding hydrogens is 736 g/mol. The molecule has 0 aromatic heterocycles. The van der Waals surface area contributed by atoms with Gasteiger partial charge in [-0.3, -0.25) is 61.7 Å². The Kier molecular flexibility index (Phi) is 11.8. The average molecular weight is 801 g/mol. The largest absolute Gasteiger partial charge is 0.392 e. The van der Waals surface area contributed by atoms with Crippen molar-refractivity contribution < 1.29 is 44.7 Å². The van der Waals surface area contributed by atoms with Crippen molar-refractivity contribution in [2.45, 2.75) is 126 Å². The molecule has 9 aliphatic rings. The minimum absolute atomic E-state index is 0.0487. The molecular formula is C40H64N8O9. The van der Waals surface area contributed by atoms with Crippen molar-refractivity contribution in [2.75, 3.05) is 26.4 Å². The third-order valence-electron chi connectivity index (χ3n) is 16.6. The van der Waals surface area contributed by atoms with E-state index in [4.69, 9.17) is 0 Å². The van der Waals surface area contributed by atoms with Crippen molar-refractivity contribution in [3.8, 4) is 0 Å². The van der Waals surface area contributed by atoms with Crippen molar-refractivity contribution in [1.82, 2.24) is 42.5 Å². The van der Waals surface area contributed by atoms with Crippen LogP contribution in [0.5, 0.6) is 0 Å². The van der Waals surface area contributed by atoms with Gasteiger partial charge in [0.1, 0.15) is 26.4 Å². The van der Waals surface area contributed by atoms with Gasteiger partial charge in [0.25, 0.3) is 0 Å². The van der Waals surface area contributed by atoms with Crippen LogP contribution in [0.3, 0.4) is 0 Å². The van der Waals surface area contributed by atoms with Gasteiger partial charge >= 0.3 is 0 Å². The molecule has 5 aliphatic heterocycles. The maximum Gasteiger partial charge on any atom is 0.163 e. The molecule has 318 valence electrons. The summed E-state index contributed by atoms with van der Waals surface area (Å²) >= 11 is 0. The number of hydrogen-bond donors (Lipinski definition) is 13. The molecule has 0 aromatic carbocycles. The molecule has 21 atom stereocenters. The van der Waals surface area contributed by atoms with Crippen LogP contribution in [-0.4, -0.2) is 131 Å². The summed E-state index contributed by atoms with van der Waals surface area (Å²) in [5, 5.41) is 82.5. The van der Waals surface area contributed by atoms with Crippen LogP contribution in [0.1, 0.15) is 70.6 Å². The molecule has 0 aromatic rings. The van der Waals surface area contributed by atoms with E-state index in [0.29, 0.717) is 51.4 Å². The first-order valence-electron chi connectivity index (χ1n) is 21.9. The lowest BCUT2D eigenvalue weighted by Gasteiger charge is -2.41. The van der Waals surface area contributed by atoms with E-state index in [2.05, 4.69) is 42.5 Å². The van der Waals surface area contributed by atoms with Gasteiger partial charge in [0.05, 0.1) is 55.4 Å². The number of aliphatic hydroxyl groups excluding tert-OH is 5. The molecule has 17 nitrogen and oxygen atoms in total. The maximum absolute atomic E-state index is 12.9. The second kappa shape index (κ2) is 16.6. The maximum atomic E-state index is 12.9. The third-order valence-corrected chi connectivity index (χ3v) is 16.6. The van der Waals surface area contributed by atoms with Crippen molar-refractivity contribution in [3.63, 3.8) is 0 Å². The fourth-order valence-electron chi connectivity index (χ4n) is 13.8. The lowest BCUT2D eigenvalue weighted by molar-refractivity contribution is -0.134. The Hall–Kier alpha value is -1.84. The molecule has 13 N–H and O–H groups in total. The summed E-state index contributed by atoms with van der Waals surface area (Å²) in [4.78, 5) is 51.6. The highest BCUT2D eigenvalue weighted by molar-refractivity contribution is 5.83. The molecule has 9 fully saturated rings. The Morgan fingerprint density at radius 1 is 0.368 bits per heavy atom. The highest BCUT2D eigenvalue weighted by Crippen LogP contribution is 2.48. The SMILES string of the molecule is O=C(CO)C1CCC2C3NC(NC4NC(NC5NC(NC6NC(N3)C3CC(C(=O)CO)CCC63)C3C(O)C(C(=O)CO)CCC53)C3CC(C(=O)CO)CCC43)C2C1.